The smallest absolute Gasteiger partial charge is 0.315 e. The second-order valence-corrected chi connectivity index (χ2v) is 4.72. The summed E-state index contributed by atoms with van der Waals surface area (Å²) in [5, 5.41) is 0.676. The van der Waals surface area contributed by atoms with E-state index in [1.807, 2.05) is 39.0 Å². The number of ether oxygens (including phenoxy) is 1. The summed E-state index contributed by atoms with van der Waals surface area (Å²) in [5.74, 6) is -0.227. The first-order chi connectivity index (χ1) is 7.39. The fourth-order valence-electron chi connectivity index (χ4n) is 1.41. The molecule has 0 N–H and O–H groups in total. The maximum absolute atomic E-state index is 11.8. The van der Waals surface area contributed by atoms with Gasteiger partial charge in [0.15, 0.2) is 0 Å². The molecule has 88 valence electrons. The van der Waals surface area contributed by atoms with Gasteiger partial charge >= 0.3 is 5.97 Å². The van der Waals surface area contributed by atoms with Gasteiger partial charge in [0.2, 0.25) is 0 Å². The minimum absolute atomic E-state index is 0.227. The molecule has 0 amide bonds. The number of halogens is 1. The zero-order valence-electron chi connectivity index (χ0n) is 10.1. The minimum atomic E-state index is -0.659. The van der Waals surface area contributed by atoms with Crippen molar-refractivity contribution in [2.45, 2.75) is 33.1 Å². The van der Waals surface area contributed by atoms with Crippen molar-refractivity contribution in [1.82, 2.24) is 0 Å². The van der Waals surface area contributed by atoms with Gasteiger partial charge in [-0.25, -0.2) is 0 Å². The first-order valence-electron chi connectivity index (χ1n) is 5.33. The highest BCUT2D eigenvalue weighted by atomic mass is 35.5. The van der Waals surface area contributed by atoms with E-state index in [2.05, 4.69) is 0 Å². The molecule has 0 heterocycles. The molecule has 0 aliphatic rings. The van der Waals surface area contributed by atoms with E-state index in [0.717, 1.165) is 11.1 Å². The van der Waals surface area contributed by atoms with Crippen molar-refractivity contribution in [3.05, 3.63) is 34.3 Å². The molecule has 3 heteroatoms. The van der Waals surface area contributed by atoms with Crippen molar-refractivity contribution in [2.24, 2.45) is 0 Å². The Morgan fingerprint density at radius 1 is 1.44 bits per heavy atom. The van der Waals surface area contributed by atoms with Gasteiger partial charge in [0.1, 0.15) is 0 Å². The summed E-state index contributed by atoms with van der Waals surface area (Å²) in [6, 6.07) is 5.66. The molecular formula is C13H17ClO2. The third-order valence-electron chi connectivity index (χ3n) is 2.68. The molecule has 0 spiro atoms. The summed E-state index contributed by atoms with van der Waals surface area (Å²) in [7, 11) is 0. The Morgan fingerprint density at radius 3 is 2.56 bits per heavy atom. The lowest BCUT2D eigenvalue weighted by Gasteiger charge is -2.23. The number of carbonyl (C=O) groups excluding carboxylic acids is 1. The summed E-state index contributed by atoms with van der Waals surface area (Å²) in [6.07, 6.45) is 0. The average Bonchev–Trinajstić information content (AvgIpc) is 2.22. The third kappa shape index (κ3) is 2.56. The number of benzene rings is 1. The van der Waals surface area contributed by atoms with Crippen molar-refractivity contribution in [2.75, 3.05) is 6.61 Å². The second kappa shape index (κ2) is 4.88. The van der Waals surface area contributed by atoms with Gasteiger partial charge in [0, 0.05) is 5.02 Å². The van der Waals surface area contributed by atoms with E-state index in [0.29, 0.717) is 11.6 Å². The average molecular weight is 241 g/mol. The Kier molecular flexibility index (Phi) is 3.98. The Bertz CT molecular complexity index is 397. The zero-order chi connectivity index (χ0) is 12.3. The molecule has 1 aromatic carbocycles. The summed E-state index contributed by atoms with van der Waals surface area (Å²) >= 11 is 6.05. The van der Waals surface area contributed by atoms with Gasteiger partial charge in [-0.15, -0.1) is 0 Å². The molecule has 0 atom stereocenters. The van der Waals surface area contributed by atoms with Gasteiger partial charge < -0.3 is 4.74 Å². The van der Waals surface area contributed by atoms with Crippen LogP contribution >= 0.6 is 11.6 Å². The second-order valence-electron chi connectivity index (χ2n) is 4.31. The Hall–Kier alpha value is -1.02. The molecule has 0 unspecified atom stereocenters. The molecule has 2 nitrogen and oxygen atoms in total. The van der Waals surface area contributed by atoms with Crippen LogP contribution in [-0.2, 0) is 14.9 Å². The Labute approximate surface area is 102 Å². The van der Waals surface area contributed by atoms with Crippen LogP contribution in [0.1, 0.15) is 31.9 Å². The lowest BCUT2D eigenvalue weighted by molar-refractivity contribution is -0.148. The Morgan fingerprint density at radius 2 is 2.06 bits per heavy atom. The first-order valence-corrected chi connectivity index (χ1v) is 5.71. The molecular weight excluding hydrogens is 224 g/mol. The highest BCUT2D eigenvalue weighted by Gasteiger charge is 2.31. The minimum Gasteiger partial charge on any atom is -0.465 e. The van der Waals surface area contributed by atoms with E-state index in [1.54, 1.807) is 6.92 Å². The summed E-state index contributed by atoms with van der Waals surface area (Å²) in [4.78, 5) is 11.8. The molecule has 0 fully saturated rings. The van der Waals surface area contributed by atoms with Gasteiger partial charge in [-0.1, -0.05) is 23.7 Å². The topological polar surface area (TPSA) is 26.3 Å². The first kappa shape index (κ1) is 13.0. The van der Waals surface area contributed by atoms with Gasteiger partial charge in [-0.05, 0) is 44.9 Å². The molecule has 0 aromatic heterocycles. The van der Waals surface area contributed by atoms with Crippen molar-refractivity contribution in [3.63, 3.8) is 0 Å². The van der Waals surface area contributed by atoms with Crippen LogP contribution in [0.2, 0.25) is 5.02 Å². The fourth-order valence-corrected chi connectivity index (χ4v) is 1.59. The van der Waals surface area contributed by atoms with Crippen LogP contribution in [0.5, 0.6) is 0 Å². The van der Waals surface area contributed by atoms with Crippen LogP contribution in [-0.4, -0.2) is 12.6 Å². The van der Waals surface area contributed by atoms with E-state index in [-0.39, 0.29) is 5.97 Å². The van der Waals surface area contributed by atoms with Crippen molar-refractivity contribution in [1.29, 1.82) is 0 Å². The highest BCUT2D eigenvalue weighted by Crippen LogP contribution is 2.28. The van der Waals surface area contributed by atoms with Crippen molar-refractivity contribution < 1.29 is 9.53 Å². The number of rotatable bonds is 3. The number of hydrogen-bond acceptors (Lipinski definition) is 2. The quantitative estimate of drug-likeness (QED) is 0.756. The van der Waals surface area contributed by atoms with Crippen LogP contribution in [0.25, 0.3) is 0 Å². The van der Waals surface area contributed by atoms with E-state index >= 15 is 0 Å². The van der Waals surface area contributed by atoms with Crippen LogP contribution < -0.4 is 0 Å². The molecule has 1 rings (SSSR count). The number of aryl methyl sites for hydroxylation is 1. The number of hydrogen-bond donors (Lipinski definition) is 0. The van der Waals surface area contributed by atoms with E-state index < -0.39 is 5.41 Å². The van der Waals surface area contributed by atoms with Crippen LogP contribution in [0, 0.1) is 6.92 Å². The largest absolute Gasteiger partial charge is 0.465 e. The fraction of sp³-hybridized carbons (Fsp3) is 0.462. The number of carbonyl (C=O) groups is 1. The van der Waals surface area contributed by atoms with Crippen molar-refractivity contribution in [3.8, 4) is 0 Å². The summed E-state index contributed by atoms with van der Waals surface area (Å²) in [6.45, 7) is 7.80. The SMILES string of the molecule is CCOC(=O)C(C)(C)c1ccc(C)c(Cl)c1. The van der Waals surface area contributed by atoms with Crippen molar-refractivity contribution >= 4 is 17.6 Å². The zero-order valence-corrected chi connectivity index (χ0v) is 10.9. The van der Waals surface area contributed by atoms with Crippen LogP contribution in [0.3, 0.4) is 0 Å². The normalized spacial score (nSPS) is 11.3. The van der Waals surface area contributed by atoms with E-state index in [1.165, 1.54) is 0 Å². The molecule has 0 aliphatic carbocycles. The highest BCUT2D eigenvalue weighted by molar-refractivity contribution is 6.31. The standard InChI is InChI=1S/C13H17ClO2/c1-5-16-12(15)13(3,4)10-7-6-9(2)11(14)8-10/h6-8H,5H2,1-4H3. The number of esters is 1. The van der Waals surface area contributed by atoms with Crippen LogP contribution in [0.4, 0.5) is 0 Å². The van der Waals surface area contributed by atoms with Gasteiger partial charge in [-0.2, -0.15) is 0 Å². The Balaban J connectivity index is 3.06. The lowest BCUT2D eigenvalue weighted by atomic mass is 9.84. The predicted molar refractivity (Wildman–Crippen MR) is 65.8 cm³/mol. The van der Waals surface area contributed by atoms with Gasteiger partial charge in [-0.3, -0.25) is 4.79 Å². The maximum atomic E-state index is 11.8. The lowest BCUT2D eigenvalue weighted by Crippen LogP contribution is -2.31. The predicted octanol–water partition coefficient (Wildman–Crippen LogP) is 3.49. The molecule has 1 aromatic rings. The molecule has 0 aliphatic heterocycles. The summed E-state index contributed by atoms with van der Waals surface area (Å²) in [5.41, 5.74) is 1.22. The third-order valence-corrected chi connectivity index (χ3v) is 3.09. The van der Waals surface area contributed by atoms with E-state index in [9.17, 15) is 4.79 Å². The molecule has 0 saturated carbocycles. The molecule has 16 heavy (non-hydrogen) atoms. The summed E-state index contributed by atoms with van der Waals surface area (Å²) < 4.78 is 5.05. The molecule has 0 radical (unpaired) electrons. The molecule has 0 saturated heterocycles. The van der Waals surface area contributed by atoms with Crippen LogP contribution in [0.15, 0.2) is 18.2 Å². The monoisotopic (exact) mass is 240 g/mol. The van der Waals surface area contributed by atoms with Gasteiger partial charge in [0.25, 0.3) is 0 Å². The van der Waals surface area contributed by atoms with E-state index in [4.69, 9.17) is 16.3 Å². The maximum Gasteiger partial charge on any atom is 0.315 e. The van der Waals surface area contributed by atoms with Gasteiger partial charge in [0.05, 0.1) is 12.0 Å². The molecule has 0 bridgehead atoms.